The van der Waals surface area contributed by atoms with Crippen molar-refractivity contribution in [2.75, 3.05) is 16.4 Å². The van der Waals surface area contributed by atoms with Crippen LogP contribution in [0.15, 0.2) is 58.6 Å². The Morgan fingerprint density at radius 3 is 2.41 bits per heavy atom. The number of carboxylic acid groups (broad SMARTS) is 1. The quantitative estimate of drug-likeness (QED) is 0.370. The van der Waals surface area contributed by atoms with E-state index in [0.29, 0.717) is 16.0 Å². The van der Waals surface area contributed by atoms with Gasteiger partial charge >= 0.3 is 5.97 Å². The van der Waals surface area contributed by atoms with Gasteiger partial charge in [0.15, 0.2) is 0 Å². The molecule has 11 heteroatoms. The molecule has 2 aromatic carbocycles. The van der Waals surface area contributed by atoms with Crippen molar-refractivity contribution >= 4 is 63.7 Å². The average molecular weight is 489 g/mol. The van der Waals surface area contributed by atoms with E-state index in [2.05, 4.69) is 20.0 Å². The highest BCUT2D eigenvalue weighted by molar-refractivity contribution is 8.00. The minimum Gasteiger partial charge on any atom is -0.478 e. The highest BCUT2D eigenvalue weighted by atomic mass is 32.2. The third-order valence-corrected chi connectivity index (χ3v) is 6.69. The van der Waals surface area contributed by atoms with Crippen molar-refractivity contribution in [2.24, 2.45) is 0 Å². The summed E-state index contributed by atoms with van der Waals surface area (Å²) in [6, 6.07) is 13.0. The summed E-state index contributed by atoms with van der Waals surface area (Å²) in [7, 11) is 0. The van der Waals surface area contributed by atoms with E-state index in [1.54, 1.807) is 43.3 Å². The second-order valence-corrected chi connectivity index (χ2v) is 9.79. The molecule has 0 spiro atoms. The van der Waals surface area contributed by atoms with Gasteiger partial charge in [-0.2, -0.15) is 9.36 Å². The number of amides is 2. The number of anilines is 2. The molecule has 0 aliphatic rings. The highest BCUT2D eigenvalue weighted by Gasteiger charge is 2.18. The standard InChI is InChI=1S/C21H20N4O4S3/c1-3-30-21-24-20(32-25-21)23-17(26)12(2)31-14-10-8-13(9-11-14)22-18(27)15-6-4-5-7-16(15)19(28)29/h4-12H,3H2,1-2H3,(H,22,27)(H,28,29)(H,23,24,25,26). The van der Waals surface area contributed by atoms with Gasteiger partial charge in [0.25, 0.3) is 5.91 Å². The molecule has 0 saturated carbocycles. The van der Waals surface area contributed by atoms with Gasteiger partial charge < -0.3 is 10.4 Å². The maximum absolute atomic E-state index is 12.5. The lowest BCUT2D eigenvalue weighted by molar-refractivity contribution is -0.115. The molecular formula is C21H20N4O4S3. The number of hydrogen-bond donors (Lipinski definition) is 3. The van der Waals surface area contributed by atoms with Crippen molar-refractivity contribution in [1.82, 2.24) is 9.36 Å². The molecule has 0 fully saturated rings. The fourth-order valence-electron chi connectivity index (χ4n) is 2.60. The number of aromatic nitrogens is 2. The second kappa shape index (κ2) is 11.1. The van der Waals surface area contributed by atoms with E-state index >= 15 is 0 Å². The van der Waals surface area contributed by atoms with Gasteiger partial charge in [-0.15, -0.1) is 11.8 Å². The van der Waals surface area contributed by atoms with Gasteiger partial charge in [0.05, 0.1) is 16.4 Å². The predicted molar refractivity (Wildman–Crippen MR) is 128 cm³/mol. The zero-order valence-corrected chi connectivity index (χ0v) is 19.6. The van der Waals surface area contributed by atoms with Crippen LogP contribution in [-0.2, 0) is 4.79 Å². The van der Waals surface area contributed by atoms with Gasteiger partial charge in [-0.25, -0.2) is 4.79 Å². The summed E-state index contributed by atoms with van der Waals surface area (Å²) in [5, 5.41) is 15.5. The number of nitrogens with one attached hydrogen (secondary N) is 2. The van der Waals surface area contributed by atoms with E-state index in [1.165, 1.54) is 35.7 Å². The molecule has 1 unspecified atom stereocenters. The Hall–Kier alpha value is -2.89. The van der Waals surface area contributed by atoms with E-state index in [9.17, 15) is 19.5 Å². The second-order valence-electron chi connectivity index (χ2n) is 6.39. The Morgan fingerprint density at radius 1 is 1.06 bits per heavy atom. The number of thioether (sulfide) groups is 2. The number of aromatic carboxylic acids is 1. The molecule has 3 rings (SSSR count). The van der Waals surface area contributed by atoms with Crippen LogP contribution in [-0.4, -0.2) is 43.3 Å². The predicted octanol–water partition coefficient (Wildman–Crippen LogP) is 4.72. The summed E-state index contributed by atoms with van der Waals surface area (Å²) in [4.78, 5) is 41.3. The minimum atomic E-state index is -1.16. The van der Waals surface area contributed by atoms with Crippen LogP contribution >= 0.6 is 35.1 Å². The van der Waals surface area contributed by atoms with Crippen LogP contribution in [0.3, 0.4) is 0 Å². The Balaban J connectivity index is 1.57. The molecule has 0 aliphatic heterocycles. The Bertz CT molecular complexity index is 1120. The molecule has 1 aromatic heterocycles. The molecule has 3 aromatic rings. The van der Waals surface area contributed by atoms with Gasteiger partial charge in [0.2, 0.25) is 16.2 Å². The van der Waals surface area contributed by atoms with E-state index in [4.69, 9.17) is 0 Å². The third kappa shape index (κ3) is 6.31. The molecule has 0 saturated heterocycles. The van der Waals surface area contributed by atoms with Crippen LogP contribution in [0.4, 0.5) is 10.8 Å². The minimum absolute atomic E-state index is 0.0622. The average Bonchev–Trinajstić information content (AvgIpc) is 3.22. The van der Waals surface area contributed by atoms with Gasteiger partial charge in [-0.1, -0.05) is 30.8 Å². The molecule has 8 nitrogen and oxygen atoms in total. The molecular weight excluding hydrogens is 468 g/mol. The molecule has 166 valence electrons. The fraction of sp³-hybridized carbons (Fsp3) is 0.190. The van der Waals surface area contributed by atoms with Crippen molar-refractivity contribution in [3.05, 3.63) is 59.7 Å². The van der Waals surface area contributed by atoms with Gasteiger partial charge in [-0.05, 0) is 49.1 Å². The van der Waals surface area contributed by atoms with E-state index < -0.39 is 11.9 Å². The van der Waals surface area contributed by atoms with Crippen LogP contribution in [0.2, 0.25) is 0 Å². The Morgan fingerprint density at radius 2 is 1.75 bits per heavy atom. The van der Waals surface area contributed by atoms with E-state index in [1.807, 2.05) is 6.92 Å². The van der Waals surface area contributed by atoms with Crippen LogP contribution in [0.1, 0.15) is 34.6 Å². The lowest BCUT2D eigenvalue weighted by Crippen LogP contribution is -2.22. The number of rotatable bonds is 9. The van der Waals surface area contributed by atoms with Gasteiger partial charge in [0.1, 0.15) is 0 Å². The largest absolute Gasteiger partial charge is 0.478 e. The first-order valence-corrected chi connectivity index (χ1v) is 12.2. The molecule has 3 N–H and O–H groups in total. The summed E-state index contributed by atoms with van der Waals surface area (Å²) < 4.78 is 4.18. The maximum Gasteiger partial charge on any atom is 0.336 e. The number of carbonyl (C=O) groups is 3. The van der Waals surface area contributed by atoms with Crippen LogP contribution in [0.25, 0.3) is 0 Å². The monoisotopic (exact) mass is 488 g/mol. The van der Waals surface area contributed by atoms with Crippen molar-refractivity contribution in [2.45, 2.75) is 29.1 Å². The number of nitrogens with zero attached hydrogens (tertiary/aromatic N) is 2. The zero-order chi connectivity index (χ0) is 23.1. The number of benzene rings is 2. The first-order valence-electron chi connectivity index (χ1n) is 9.55. The van der Waals surface area contributed by atoms with Gasteiger partial charge in [-0.3, -0.25) is 14.9 Å². The summed E-state index contributed by atoms with van der Waals surface area (Å²) in [6.07, 6.45) is 0. The molecule has 0 bridgehead atoms. The lowest BCUT2D eigenvalue weighted by atomic mass is 10.1. The van der Waals surface area contributed by atoms with Crippen molar-refractivity contribution in [3.8, 4) is 0 Å². The van der Waals surface area contributed by atoms with Crippen molar-refractivity contribution in [1.29, 1.82) is 0 Å². The van der Waals surface area contributed by atoms with E-state index in [-0.39, 0.29) is 22.3 Å². The summed E-state index contributed by atoms with van der Waals surface area (Å²) in [6.45, 7) is 3.80. The zero-order valence-electron chi connectivity index (χ0n) is 17.2. The molecule has 32 heavy (non-hydrogen) atoms. The molecule has 0 radical (unpaired) electrons. The van der Waals surface area contributed by atoms with E-state index in [0.717, 1.165) is 22.2 Å². The highest BCUT2D eigenvalue weighted by Crippen LogP contribution is 2.27. The van der Waals surface area contributed by atoms with Crippen LogP contribution < -0.4 is 10.6 Å². The first kappa shape index (κ1) is 23.8. The molecule has 0 aliphatic carbocycles. The summed E-state index contributed by atoms with van der Waals surface area (Å²) >= 11 is 4.03. The smallest absolute Gasteiger partial charge is 0.336 e. The number of hydrogen-bond acceptors (Lipinski definition) is 8. The normalized spacial score (nSPS) is 11.6. The van der Waals surface area contributed by atoms with Crippen LogP contribution in [0, 0.1) is 0 Å². The van der Waals surface area contributed by atoms with Crippen molar-refractivity contribution < 1.29 is 19.5 Å². The Kier molecular flexibility index (Phi) is 8.26. The number of carbonyl (C=O) groups excluding carboxylic acids is 2. The fourth-order valence-corrected chi connectivity index (χ4v) is 4.74. The summed E-state index contributed by atoms with van der Waals surface area (Å²) in [5.41, 5.74) is 0.542. The van der Waals surface area contributed by atoms with Gasteiger partial charge in [0, 0.05) is 22.1 Å². The topological polar surface area (TPSA) is 121 Å². The number of carboxylic acids is 1. The first-order chi connectivity index (χ1) is 15.4. The molecule has 1 heterocycles. The Labute approximate surface area is 197 Å². The SMILES string of the molecule is CCSc1nsc(NC(=O)C(C)Sc2ccc(NC(=O)c3ccccc3C(=O)O)cc2)n1. The third-order valence-electron chi connectivity index (χ3n) is 4.11. The van der Waals surface area contributed by atoms with Crippen LogP contribution in [0.5, 0.6) is 0 Å². The summed E-state index contributed by atoms with van der Waals surface area (Å²) in [5.74, 6) is -0.988. The molecule has 2 amide bonds. The maximum atomic E-state index is 12.5. The van der Waals surface area contributed by atoms with Crippen molar-refractivity contribution in [3.63, 3.8) is 0 Å². The lowest BCUT2D eigenvalue weighted by Gasteiger charge is -2.11. The molecule has 1 atom stereocenters.